The third-order valence-corrected chi connectivity index (χ3v) is 3.05. The minimum atomic E-state index is -0.438. The number of nitrogens with zero attached hydrogens (tertiary/aromatic N) is 1. The van der Waals surface area contributed by atoms with Crippen molar-refractivity contribution in [1.82, 2.24) is 4.90 Å². The maximum Gasteiger partial charge on any atom is 0.0917 e. The Morgan fingerprint density at radius 3 is 2.88 bits per heavy atom. The van der Waals surface area contributed by atoms with E-state index < -0.39 is 6.10 Å². The number of aliphatic hydroxyl groups excluding tert-OH is 1. The molecule has 0 aromatic heterocycles. The number of benzene rings is 1. The van der Waals surface area contributed by atoms with Crippen LogP contribution in [0.15, 0.2) is 24.3 Å². The standard InChI is InChI=1S/C13H20N2O/c1-15(8-10-5-6-10)9-13(16)11-3-2-4-12(14)7-11/h2-4,7,10,13,16H,5-6,8-9,14H2,1H3. The summed E-state index contributed by atoms with van der Waals surface area (Å²) in [5.41, 5.74) is 7.31. The molecule has 1 aliphatic rings. The number of likely N-dealkylation sites (N-methyl/N-ethyl adjacent to an activating group) is 1. The highest BCUT2D eigenvalue weighted by Gasteiger charge is 2.23. The molecule has 0 amide bonds. The second-order valence-corrected chi connectivity index (χ2v) is 4.85. The highest BCUT2D eigenvalue weighted by molar-refractivity contribution is 5.41. The van der Waals surface area contributed by atoms with Crippen LogP contribution in [-0.2, 0) is 0 Å². The number of rotatable bonds is 5. The van der Waals surface area contributed by atoms with Crippen molar-refractivity contribution in [2.75, 3.05) is 25.9 Å². The van der Waals surface area contributed by atoms with Crippen molar-refractivity contribution in [2.24, 2.45) is 5.92 Å². The highest BCUT2D eigenvalue weighted by atomic mass is 16.3. The maximum atomic E-state index is 10.1. The first-order chi connectivity index (χ1) is 7.65. The van der Waals surface area contributed by atoms with Crippen LogP contribution in [0.3, 0.4) is 0 Å². The Kier molecular flexibility index (Phi) is 3.46. The van der Waals surface area contributed by atoms with Crippen LogP contribution in [0.4, 0.5) is 5.69 Å². The van der Waals surface area contributed by atoms with Gasteiger partial charge in [-0.05, 0) is 43.5 Å². The van der Waals surface area contributed by atoms with E-state index in [1.54, 1.807) is 0 Å². The monoisotopic (exact) mass is 220 g/mol. The minimum Gasteiger partial charge on any atom is -0.399 e. The maximum absolute atomic E-state index is 10.1. The Morgan fingerprint density at radius 2 is 2.25 bits per heavy atom. The van der Waals surface area contributed by atoms with Gasteiger partial charge in [-0.15, -0.1) is 0 Å². The first-order valence-electron chi connectivity index (χ1n) is 5.87. The van der Waals surface area contributed by atoms with E-state index in [9.17, 15) is 5.11 Å². The molecule has 1 saturated carbocycles. The Bertz CT molecular complexity index is 350. The molecule has 1 aliphatic carbocycles. The summed E-state index contributed by atoms with van der Waals surface area (Å²) >= 11 is 0. The van der Waals surface area contributed by atoms with Gasteiger partial charge in [0.15, 0.2) is 0 Å². The predicted octanol–water partition coefficient (Wildman–Crippen LogP) is 1.64. The van der Waals surface area contributed by atoms with E-state index in [-0.39, 0.29) is 0 Å². The van der Waals surface area contributed by atoms with Crippen molar-refractivity contribution in [1.29, 1.82) is 0 Å². The van der Waals surface area contributed by atoms with E-state index in [1.807, 2.05) is 24.3 Å². The Labute approximate surface area is 96.9 Å². The molecule has 1 fully saturated rings. The van der Waals surface area contributed by atoms with Crippen LogP contribution in [-0.4, -0.2) is 30.1 Å². The normalized spacial score (nSPS) is 17.7. The Hall–Kier alpha value is -1.06. The second-order valence-electron chi connectivity index (χ2n) is 4.85. The number of anilines is 1. The van der Waals surface area contributed by atoms with Crippen molar-refractivity contribution in [3.8, 4) is 0 Å². The van der Waals surface area contributed by atoms with Crippen molar-refractivity contribution >= 4 is 5.69 Å². The summed E-state index contributed by atoms with van der Waals surface area (Å²) in [6.45, 7) is 1.78. The fourth-order valence-corrected chi connectivity index (χ4v) is 1.98. The molecule has 16 heavy (non-hydrogen) atoms. The summed E-state index contributed by atoms with van der Waals surface area (Å²) in [5.74, 6) is 0.859. The van der Waals surface area contributed by atoms with Crippen molar-refractivity contribution in [2.45, 2.75) is 18.9 Å². The molecule has 0 saturated heterocycles. The molecule has 1 atom stereocenters. The van der Waals surface area contributed by atoms with E-state index in [4.69, 9.17) is 5.73 Å². The largest absolute Gasteiger partial charge is 0.399 e. The molecule has 0 spiro atoms. The number of aliphatic hydroxyl groups is 1. The molecule has 2 rings (SSSR count). The Morgan fingerprint density at radius 1 is 1.50 bits per heavy atom. The van der Waals surface area contributed by atoms with E-state index >= 15 is 0 Å². The van der Waals surface area contributed by atoms with Crippen LogP contribution in [0, 0.1) is 5.92 Å². The fourth-order valence-electron chi connectivity index (χ4n) is 1.98. The lowest BCUT2D eigenvalue weighted by Crippen LogP contribution is -2.26. The number of nitrogen functional groups attached to an aromatic ring is 1. The first-order valence-corrected chi connectivity index (χ1v) is 5.87. The predicted molar refractivity (Wildman–Crippen MR) is 66.0 cm³/mol. The van der Waals surface area contributed by atoms with Crippen LogP contribution < -0.4 is 5.73 Å². The zero-order valence-corrected chi connectivity index (χ0v) is 9.76. The zero-order chi connectivity index (χ0) is 11.5. The van der Waals surface area contributed by atoms with Crippen LogP contribution >= 0.6 is 0 Å². The molecular weight excluding hydrogens is 200 g/mol. The molecule has 88 valence electrons. The summed E-state index contributed by atoms with van der Waals surface area (Å²) in [4.78, 5) is 2.20. The quantitative estimate of drug-likeness (QED) is 0.742. The third-order valence-electron chi connectivity index (χ3n) is 3.05. The highest BCUT2D eigenvalue weighted by Crippen LogP contribution is 2.29. The summed E-state index contributed by atoms with van der Waals surface area (Å²) in [6.07, 6.45) is 2.25. The summed E-state index contributed by atoms with van der Waals surface area (Å²) in [5, 5.41) is 10.1. The van der Waals surface area contributed by atoms with Crippen molar-refractivity contribution < 1.29 is 5.11 Å². The summed E-state index contributed by atoms with van der Waals surface area (Å²) in [7, 11) is 2.06. The molecule has 1 aromatic rings. The van der Waals surface area contributed by atoms with Gasteiger partial charge in [0.1, 0.15) is 0 Å². The lowest BCUT2D eigenvalue weighted by atomic mass is 10.1. The van der Waals surface area contributed by atoms with Gasteiger partial charge in [0.2, 0.25) is 0 Å². The van der Waals surface area contributed by atoms with Gasteiger partial charge in [-0.3, -0.25) is 0 Å². The van der Waals surface area contributed by atoms with E-state index in [2.05, 4.69) is 11.9 Å². The van der Waals surface area contributed by atoms with Gasteiger partial charge in [-0.1, -0.05) is 12.1 Å². The molecule has 1 aromatic carbocycles. The van der Waals surface area contributed by atoms with Crippen LogP contribution in [0.2, 0.25) is 0 Å². The lowest BCUT2D eigenvalue weighted by molar-refractivity contribution is 0.124. The second kappa shape index (κ2) is 4.85. The molecule has 1 unspecified atom stereocenters. The Balaban J connectivity index is 1.88. The average Bonchev–Trinajstić information content (AvgIpc) is 3.01. The topological polar surface area (TPSA) is 49.5 Å². The number of hydrogen-bond acceptors (Lipinski definition) is 3. The average molecular weight is 220 g/mol. The van der Waals surface area contributed by atoms with Crippen LogP contribution in [0.1, 0.15) is 24.5 Å². The van der Waals surface area contributed by atoms with Crippen molar-refractivity contribution in [3.05, 3.63) is 29.8 Å². The molecule has 3 heteroatoms. The van der Waals surface area contributed by atoms with Crippen LogP contribution in [0.25, 0.3) is 0 Å². The molecule has 3 N–H and O–H groups in total. The summed E-state index contributed by atoms with van der Waals surface area (Å²) in [6, 6.07) is 7.49. The van der Waals surface area contributed by atoms with Gasteiger partial charge in [0.25, 0.3) is 0 Å². The number of hydrogen-bond donors (Lipinski definition) is 2. The molecule has 0 bridgehead atoms. The summed E-state index contributed by atoms with van der Waals surface area (Å²) < 4.78 is 0. The van der Waals surface area contributed by atoms with Crippen LogP contribution in [0.5, 0.6) is 0 Å². The third kappa shape index (κ3) is 3.22. The van der Waals surface area contributed by atoms with Gasteiger partial charge in [-0.2, -0.15) is 0 Å². The zero-order valence-electron chi connectivity index (χ0n) is 9.76. The minimum absolute atomic E-state index is 0.438. The van der Waals surface area contributed by atoms with E-state index in [0.717, 1.165) is 18.0 Å². The van der Waals surface area contributed by atoms with Gasteiger partial charge < -0.3 is 15.7 Å². The van der Waals surface area contributed by atoms with Gasteiger partial charge >= 0.3 is 0 Å². The van der Waals surface area contributed by atoms with E-state index in [1.165, 1.54) is 12.8 Å². The molecule has 0 aliphatic heterocycles. The molecule has 3 nitrogen and oxygen atoms in total. The smallest absolute Gasteiger partial charge is 0.0917 e. The molecule has 0 heterocycles. The fraction of sp³-hybridized carbons (Fsp3) is 0.538. The first kappa shape index (κ1) is 11.4. The van der Waals surface area contributed by atoms with Gasteiger partial charge in [0, 0.05) is 18.8 Å². The molecular formula is C13H20N2O. The lowest BCUT2D eigenvalue weighted by Gasteiger charge is -2.20. The van der Waals surface area contributed by atoms with E-state index in [0.29, 0.717) is 12.2 Å². The van der Waals surface area contributed by atoms with Gasteiger partial charge in [-0.25, -0.2) is 0 Å². The van der Waals surface area contributed by atoms with Gasteiger partial charge in [0.05, 0.1) is 6.10 Å². The molecule has 0 radical (unpaired) electrons. The number of nitrogens with two attached hydrogens (primary N) is 1. The van der Waals surface area contributed by atoms with Crippen molar-refractivity contribution in [3.63, 3.8) is 0 Å². The SMILES string of the molecule is CN(CC1CC1)CC(O)c1cccc(N)c1.